The summed E-state index contributed by atoms with van der Waals surface area (Å²) >= 11 is 0. The van der Waals surface area contributed by atoms with Crippen LogP contribution in [-0.2, 0) is 6.18 Å². The Hall–Kier alpha value is -3.55. The number of carbonyl (C=O) groups is 2. The van der Waals surface area contributed by atoms with Gasteiger partial charge in [0.2, 0.25) is 5.76 Å². The molecule has 0 saturated carbocycles. The van der Waals surface area contributed by atoms with Crippen molar-refractivity contribution in [3.05, 3.63) is 83.8 Å². The molecule has 0 atom stereocenters. The molecule has 0 aliphatic rings. The highest BCUT2D eigenvalue weighted by atomic mass is 19.4. The van der Waals surface area contributed by atoms with Crippen molar-refractivity contribution in [3.8, 4) is 11.5 Å². The van der Waals surface area contributed by atoms with Crippen LogP contribution in [0.5, 0.6) is 11.5 Å². The van der Waals surface area contributed by atoms with Gasteiger partial charge in [-0.15, -0.1) is 0 Å². The summed E-state index contributed by atoms with van der Waals surface area (Å²) in [6, 6.07) is 12.7. The molecule has 0 spiro atoms. The highest BCUT2D eigenvalue weighted by Gasteiger charge is 2.35. The summed E-state index contributed by atoms with van der Waals surface area (Å²) in [6.07, 6.45) is -3.45. The van der Waals surface area contributed by atoms with Gasteiger partial charge in [0.25, 0.3) is 0 Å². The van der Waals surface area contributed by atoms with Crippen molar-refractivity contribution >= 4 is 11.9 Å². The SMILES string of the molecule is O=C(Oc1ccccc1OC(=O)c1ccccc1C(F)(F)F)c1ccco1. The molecule has 0 fully saturated rings. The molecule has 0 amide bonds. The van der Waals surface area contributed by atoms with Gasteiger partial charge in [-0.25, -0.2) is 9.59 Å². The normalized spacial score (nSPS) is 11.1. The number of para-hydroxylation sites is 2. The van der Waals surface area contributed by atoms with Gasteiger partial charge in [-0.3, -0.25) is 0 Å². The van der Waals surface area contributed by atoms with Gasteiger partial charge in [0.15, 0.2) is 11.5 Å². The average Bonchev–Trinajstić information content (AvgIpc) is 3.17. The smallest absolute Gasteiger partial charge is 0.417 e. The molecule has 8 heteroatoms. The summed E-state index contributed by atoms with van der Waals surface area (Å²) in [5, 5.41) is 0. The van der Waals surface area contributed by atoms with Gasteiger partial charge in [-0.2, -0.15) is 13.2 Å². The molecule has 0 aliphatic heterocycles. The van der Waals surface area contributed by atoms with Crippen LogP contribution in [0.2, 0.25) is 0 Å². The summed E-state index contributed by atoms with van der Waals surface area (Å²) in [7, 11) is 0. The Morgan fingerprint density at radius 1 is 0.778 bits per heavy atom. The number of esters is 2. The molecule has 0 unspecified atom stereocenters. The second-order valence-electron chi connectivity index (χ2n) is 5.25. The van der Waals surface area contributed by atoms with Crippen molar-refractivity contribution in [1.82, 2.24) is 0 Å². The van der Waals surface area contributed by atoms with E-state index < -0.39 is 29.2 Å². The molecule has 0 aliphatic carbocycles. The quantitative estimate of drug-likeness (QED) is 0.486. The number of hydrogen-bond acceptors (Lipinski definition) is 5. The van der Waals surface area contributed by atoms with Crippen LogP contribution in [0.4, 0.5) is 13.2 Å². The van der Waals surface area contributed by atoms with Crippen molar-refractivity contribution < 1.29 is 36.7 Å². The zero-order valence-electron chi connectivity index (χ0n) is 13.5. The fourth-order valence-electron chi connectivity index (χ4n) is 2.23. The second kappa shape index (κ2) is 7.36. The van der Waals surface area contributed by atoms with Gasteiger partial charge < -0.3 is 13.9 Å². The lowest BCUT2D eigenvalue weighted by Gasteiger charge is -2.13. The zero-order valence-corrected chi connectivity index (χ0v) is 13.5. The van der Waals surface area contributed by atoms with E-state index in [1.54, 1.807) is 0 Å². The molecular weight excluding hydrogens is 365 g/mol. The van der Waals surface area contributed by atoms with Crippen LogP contribution >= 0.6 is 0 Å². The van der Waals surface area contributed by atoms with Crippen molar-refractivity contribution in [3.63, 3.8) is 0 Å². The van der Waals surface area contributed by atoms with E-state index >= 15 is 0 Å². The Labute approximate surface area is 150 Å². The molecule has 138 valence electrons. The summed E-state index contributed by atoms with van der Waals surface area (Å²) in [4.78, 5) is 24.2. The van der Waals surface area contributed by atoms with Crippen LogP contribution in [0.3, 0.4) is 0 Å². The highest BCUT2D eigenvalue weighted by Crippen LogP contribution is 2.33. The summed E-state index contributed by atoms with van der Waals surface area (Å²) in [6.45, 7) is 0. The maximum absolute atomic E-state index is 13.1. The van der Waals surface area contributed by atoms with Gasteiger partial charge in [0.1, 0.15) is 0 Å². The molecule has 3 rings (SSSR count). The minimum absolute atomic E-state index is 0.0847. The Kier molecular flexibility index (Phi) is 4.98. The summed E-state index contributed by atoms with van der Waals surface area (Å²) in [5.74, 6) is -2.52. The van der Waals surface area contributed by atoms with Crippen molar-refractivity contribution in [2.75, 3.05) is 0 Å². The molecule has 1 aromatic heterocycles. The highest BCUT2D eigenvalue weighted by molar-refractivity contribution is 5.93. The van der Waals surface area contributed by atoms with Crippen LogP contribution < -0.4 is 9.47 Å². The van der Waals surface area contributed by atoms with Gasteiger partial charge in [0, 0.05) is 0 Å². The van der Waals surface area contributed by atoms with Crippen molar-refractivity contribution in [2.45, 2.75) is 6.18 Å². The first-order chi connectivity index (χ1) is 12.9. The van der Waals surface area contributed by atoms with E-state index in [9.17, 15) is 22.8 Å². The minimum atomic E-state index is -4.72. The Balaban J connectivity index is 1.85. The van der Waals surface area contributed by atoms with Crippen LogP contribution in [0.1, 0.15) is 26.5 Å². The van der Waals surface area contributed by atoms with E-state index in [1.165, 1.54) is 54.8 Å². The van der Waals surface area contributed by atoms with Gasteiger partial charge in [-0.1, -0.05) is 24.3 Å². The minimum Gasteiger partial charge on any atom is -0.457 e. The predicted octanol–water partition coefficient (Wildman–Crippen LogP) is 4.74. The molecule has 5 nitrogen and oxygen atoms in total. The first-order valence-corrected chi connectivity index (χ1v) is 7.59. The Morgan fingerprint density at radius 2 is 1.37 bits per heavy atom. The van der Waals surface area contributed by atoms with E-state index in [2.05, 4.69) is 0 Å². The molecular formula is C19H11F3O5. The molecule has 0 N–H and O–H groups in total. The van der Waals surface area contributed by atoms with Crippen LogP contribution in [0, 0.1) is 0 Å². The largest absolute Gasteiger partial charge is 0.457 e. The predicted molar refractivity (Wildman–Crippen MR) is 86.5 cm³/mol. The van der Waals surface area contributed by atoms with Crippen LogP contribution in [-0.4, -0.2) is 11.9 Å². The lowest BCUT2D eigenvalue weighted by atomic mass is 10.1. The third-order valence-electron chi connectivity index (χ3n) is 3.43. The van der Waals surface area contributed by atoms with E-state index in [0.717, 1.165) is 12.1 Å². The van der Waals surface area contributed by atoms with E-state index in [4.69, 9.17) is 13.9 Å². The molecule has 0 radical (unpaired) electrons. The first-order valence-electron chi connectivity index (χ1n) is 7.59. The van der Waals surface area contributed by atoms with E-state index in [1.807, 2.05) is 0 Å². The standard InChI is InChI=1S/C19H11F3O5/c20-19(21,22)13-7-2-1-6-12(13)17(23)26-14-8-3-4-9-15(14)27-18(24)16-10-5-11-25-16/h1-11H. The van der Waals surface area contributed by atoms with E-state index in [0.29, 0.717) is 0 Å². The number of benzene rings is 2. The Morgan fingerprint density at radius 3 is 1.96 bits per heavy atom. The fourth-order valence-corrected chi connectivity index (χ4v) is 2.23. The monoisotopic (exact) mass is 376 g/mol. The maximum atomic E-state index is 13.1. The maximum Gasteiger partial charge on any atom is 0.417 e. The second-order valence-corrected chi connectivity index (χ2v) is 5.25. The average molecular weight is 376 g/mol. The van der Waals surface area contributed by atoms with E-state index in [-0.39, 0.29) is 17.3 Å². The number of alkyl halides is 3. The summed E-state index contributed by atoms with van der Waals surface area (Å²) < 4.78 is 54.2. The Bertz CT molecular complexity index is 961. The molecule has 0 saturated heterocycles. The third-order valence-corrected chi connectivity index (χ3v) is 3.43. The number of halogens is 3. The van der Waals surface area contributed by atoms with Crippen LogP contribution in [0.25, 0.3) is 0 Å². The molecule has 0 bridgehead atoms. The lowest BCUT2D eigenvalue weighted by molar-refractivity contribution is -0.138. The van der Waals surface area contributed by atoms with Gasteiger partial charge in [0.05, 0.1) is 17.4 Å². The lowest BCUT2D eigenvalue weighted by Crippen LogP contribution is -2.17. The van der Waals surface area contributed by atoms with Crippen LogP contribution in [0.15, 0.2) is 71.3 Å². The first kappa shape index (κ1) is 18.2. The fraction of sp³-hybridized carbons (Fsp3) is 0.0526. The van der Waals surface area contributed by atoms with Gasteiger partial charge in [-0.05, 0) is 36.4 Å². The molecule has 3 aromatic rings. The number of furan rings is 1. The van der Waals surface area contributed by atoms with Gasteiger partial charge >= 0.3 is 18.1 Å². The topological polar surface area (TPSA) is 65.7 Å². The van der Waals surface area contributed by atoms with Crippen molar-refractivity contribution in [2.24, 2.45) is 0 Å². The third kappa shape index (κ3) is 4.17. The summed E-state index contributed by atoms with van der Waals surface area (Å²) in [5.41, 5.74) is -1.78. The molecule has 2 aromatic carbocycles. The number of carbonyl (C=O) groups excluding carboxylic acids is 2. The zero-order chi connectivity index (χ0) is 19.4. The molecule has 1 heterocycles. The molecule has 27 heavy (non-hydrogen) atoms. The number of hydrogen-bond donors (Lipinski definition) is 0. The van der Waals surface area contributed by atoms with Crippen molar-refractivity contribution in [1.29, 1.82) is 0 Å². The number of rotatable bonds is 4. The number of ether oxygens (including phenoxy) is 2.